The molecular formula is C17H20N4O4. The van der Waals surface area contributed by atoms with Crippen LogP contribution in [0.2, 0.25) is 0 Å². The minimum atomic E-state index is -0.494. The summed E-state index contributed by atoms with van der Waals surface area (Å²) >= 11 is 0. The summed E-state index contributed by atoms with van der Waals surface area (Å²) in [5, 5.41) is 2.95. The Labute approximate surface area is 143 Å². The van der Waals surface area contributed by atoms with E-state index in [9.17, 15) is 14.4 Å². The second-order valence-corrected chi connectivity index (χ2v) is 6.69. The molecular weight excluding hydrogens is 324 g/mol. The van der Waals surface area contributed by atoms with Crippen LogP contribution in [0.4, 0.5) is 4.79 Å². The molecule has 2 aliphatic heterocycles. The van der Waals surface area contributed by atoms with Crippen LogP contribution in [-0.4, -0.2) is 52.4 Å². The number of likely N-dealkylation sites (tertiary alicyclic amines) is 2. The van der Waals surface area contributed by atoms with Gasteiger partial charge in [-0.25, -0.2) is 9.59 Å². The highest BCUT2D eigenvalue weighted by Gasteiger charge is 2.38. The third-order valence-corrected chi connectivity index (χ3v) is 4.99. The maximum Gasteiger partial charge on any atom is 0.417 e. The van der Waals surface area contributed by atoms with Crippen molar-refractivity contribution in [2.75, 3.05) is 19.6 Å². The molecule has 0 aliphatic carbocycles. The average molecular weight is 344 g/mol. The number of carbonyl (C=O) groups is 2. The number of oxazole rings is 1. The SMILES string of the molecule is CC(NC(=O)N1CC(N2CCCC2=O)C1)c1ccc2[nH]c(=O)oc2c1. The number of aromatic amines is 1. The van der Waals surface area contributed by atoms with Crippen molar-refractivity contribution >= 4 is 23.0 Å². The van der Waals surface area contributed by atoms with E-state index < -0.39 is 5.76 Å². The summed E-state index contributed by atoms with van der Waals surface area (Å²) in [6, 6.07) is 5.15. The molecule has 2 aromatic rings. The first kappa shape index (κ1) is 15.7. The van der Waals surface area contributed by atoms with Crippen molar-refractivity contribution in [3.63, 3.8) is 0 Å². The maximum atomic E-state index is 12.4. The van der Waals surface area contributed by atoms with E-state index in [0.717, 1.165) is 18.5 Å². The average Bonchev–Trinajstić information content (AvgIpc) is 3.10. The Morgan fingerprint density at radius 1 is 1.36 bits per heavy atom. The Morgan fingerprint density at radius 2 is 2.16 bits per heavy atom. The molecule has 0 radical (unpaired) electrons. The molecule has 1 atom stereocenters. The molecule has 1 aromatic carbocycles. The van der Waals surface area contributed by atoms with Crippen molar-refractivity contribution in [3.05, 3.63) is 34.3 Å². The first-order valence-electron chi connectivity index (χ1n) is 8.49. The van der Waals surface area contributed by atoms with Gasteiger partial charge in [-0.2, -0.15) is 0 Å². The quantitative estimate of drug-likeness (QED) is 0.874. The van der Waals surface area contributed by atoms with Gasteiger partial charge in [0, 0.05) is 26.1 Å². The molecule has 1 unspecified atom stereocenters. The molecule has 2 saturated heterocycles. The van der Waals surface area contributed by atoms with Gasteiger partial charge < -0.3 is 19.5 Å². The van der Waals surface area contributed by atoms with E-state index in [1.807, 2.05) is 17.9 Å². The number of benzene rings is 1. The zero-order valence-electron chi connectivity index (χ0n) is 13.9. The molecule has 2 aliphatic rings. The van der Waals surface area contributed by atoms with E-state index >= 15 is 0 Å². The number of nitrogens with zero attached hydrogens (tertiary/aromatic N) is 2. The molecule has 2 N–H and O–H groups in total. The van der Waals surface area contributed by atoms with Crippen LogP contribution in [0.25, 0.3) is 11.1 Å². The number of rotatable bonds is 3. The van der Waals surface area contributed by atoms with Gasteiger partial charge in [-0.05, 0) is 31.0 Å². The second-order valence-electron chi connectivity index (χ2n) is 6.69. The fourth-order valence-electron chi connectivity index (χ4n) is 3.46. The van der Waals surface area contributed by atoms with Crippen molar-refractivity contribution in [2.45, 2.75) is 31.8 Å². The van der Waals surface area contributed by atoms with Gasteiger partial charge in [0.25, 0.3) is 0 Å². The lowest BCUT2D eigenvalue weighted by atomic mass is 10.1. The maximum absolute atomic E-state index is 12.4. The van der Waals surface area contributed by atoms with E-state index in [1.54, 1.807) is 17.0 Å². The molecule has 0 saturated carbocycles. The number of hydrogen-bond acceptors (Lipinski definition) is 4. The van der Waals surface area contributed by atoms with Crippen molar-refractivity contribution in [2.24, 2.45) is 0 Å². The van der Waals surface area contributed by atoms with E-state index in [2.05, 4.69) is 10.3 Å². The van der Waals surface area contributed by atoms with Gasteiger partial charge in [0.05, 0.1) is 17.6 Å². The second kappa shape index (κ2) is 5.94. The number of fused-ring (bicyclic) bond motifs is 1. The first-order chi connectivity index (χ1) is 12.0. The van der Waals surface area contributed by atoms with Crippen molar-refractivity contribution in [1.29, 1.82) is 0 Å². The fourth-order valence-corrected chi connectivity index (χ4v) is 3.46. The number of urea groups is 1. The van der Waals surface area contributed by atoms with Gasteiger partial charge in [-0.3, -0.25) is 9.78 Å². The third kappa shape index (κ3) is 2.88. The molecule has 25 heavy (non-hydrogen) atoms. The van der Waals surface area contributed by atoms with Crippen molar-refractivity contribution < 1.29 is 14.0 Å². The van der Waals surface area contributed by atoms with Crippen LogP contribution >= 0.6 is 0 Å². The minimum Gasteiger partial charge on any atom is -0.408 e. The summed E-state index contributed by atoms with van der Waals surface area (Å²) in [6.07, 6.45) is 1.54. The van der Waals surface area contributed by atoms with Crippen LogP contribution in [0.1, 0.15) is 31.4 Å². The Kier molecular flexibility index (Phi) is 3.74. The smallest absolute Gasteiger partial charge is 0.408 e. The zero-order valence-corrected chi connectivity index (χ0v) is 13.9. The van der Waals surface area contributed by atoms with Crippen molar-refractivity contribution in [1.82, 2.24) is 20.1 Å². The predicted molar refractivity (Wildman–Crippen MR) is 90.1 cm³/mol. The summed E-state index contributed by atoms with van der Waals surface area (Å²) in [5.74, 6) is -0.299. The lowest BCUT2D eigenvalue weighted by molar-refractivity contribution is -0.132. The Bertz CT molecular complexity index is 880. The van der Waals surface area contributed by atoms with Crippen molar-refractivity contribution in [3.8, 4) is 0 Å². The molecule has 4 rings (SSSR count). The van der Waals surface area contributed by atoms with Crippen LogP contribution in [-0.2, 0) is 4.79 Å². The highest BCUT2D eigenvalue weighted by molar-refractivity contribution is 5.80. The molecule has 1 aromatic heterocycles. The number of H-pyrrole nitrogens is 1. The standard InChI is InChI=1S/C17H20N4O4/c1-10(11-4-5-13-14(7-11)25-17(24)19-13)18-16(23)20-8-12(9-20)21-6-2-3-15(21)22/h4-5,7,10,12H,2-3,6,8-9H2,1H3,(H,18,23)(H,19,24). The summed E-state index contributed by atoms with van der Waals surface area (Å²) in [5.41, 5.74) is 1.96. The van der Waals surface area contributed by atoms with Gasteiger partial charge in [0.15, 0.2) is 5.58 Å². The number of carbonyl (C=O) groups excluding carboxylic acids is 2. The summed E-state index contributed by atoms with van der Waals surface area (Å²) in [6.45, 7) is 3.84. The monoisotopic (exact) mass is 344 g/mol. The topological polar surface area (TPSA) is 98.6 Å². The number of amides is 3. The third-order valence-electron chi connectivity index (χ3n) is 4.99. The Balaban J connectivity index is 1.35. The highest BCUT2D eigenvalue weighted by atomic mass is 16.4. The normalized spacial score (nSPS) is 19.3. The van der Waals surface area contributed by atoms with E-state index in [1.165, 1.54) is 0 Å². The van der Waals surface area contributed by atoms with Crippen LogP contribution in [0.3, 0.4) is 0 Å². The van der Waals surface area contributed by atoms with E-state index in [4.69, 9.17) is 4.42 Å². The lowest BCUT2D eigenvalue weighted by Crippen LogP contribution is -2.63. The van der Waals surface area contributed by atoms with E-state index in [-0.39, 0.29) is 24.0 Å². The van der Waals surface area contributed by atoms with Crippen LogP contribution < -0.4 is 11.1 Å². The molecule has 3 amide bonds. The van der Waals surface area contributed by atoms with Gasteiger partial charge >= 0.3 is 11.8 Å². The molecule has 3 heterocycles. The number of nitrogens with one attached hydrogen (secondary N) is 2. The molecule has 132 valence electrons. The lowest BCUT2D eigenvalue weighted by Gasteiger charge is -2.44. The fraction of sp³-hybridized carbons (Fsp3) is 0.471. The number of hydrogen-bond donors (Lipinski definition) is 2. The van der Waals surface area contributed by atoms with E-state index in [0.29, 0.717) is 30.6 Å². The minimum absolute atomic E-state index is 0.147. The van der Waals surface area contributed by atoms with Gasteiger partial charge in [-0.15, -0.1) is 0 Å². The van der Waals surface area contributed by atoms with Crippen LogP contribution in [0, 0.1) is 0 Å². The molecule has 0 spiro atoms. The van der Waals surface area contributed by atoms with Gasteiger partial charge in [0.1, 0.15) is 0 Å². The number of aromatic nitrogens is 1. The molecule has 8 nitrogen and oxygen atoms in total. The summed E-state index contributed by atoms with van der Waals surface area (Å²) in [7, 11) is 0. The highest BCUT2D eigenvalue weighted by Crippen LogP contribution is 2.23. The first-order valence-corrected chi connectivity index (χ1v) is 8.49. The Morgan fingerprint density at radius 3 is 2.88 bits per heavy atom. The molecule has 0 bridgehead atoms. The van der Waals surface area contributed by atoms with Crippen LogP contribution in [0.15, 0.2) is 27.4 Å². The predicted octanol–water partition coefficient (Wildman–Crippen LogP) is 1.20. The largest absolute Gasteiger partial charge is 0.417 e. The van der Waals surface area contributed by atoms with Gasteiger partial charge in [-0.1, -0.05) is 6.07 Å². The summed E-state index contributed by atoms with van der Waals surface area (Å²) in [4.78, 5) is 41.5. The van der Waals surface area contributed by atoms with Gasteiger partial charge in [0.2, 0.25) is 5.91 Å². The molecule has 8 heteroatoms. The van der Waals surface area contributed by atoms with Crippen LogP contribution in [0.5, 0.6) is 0 Å². The Hall–Kier alpha value is -2.77. The zero-order chi connectivity index (χ0) is 17.6. The summed E-state index contributed by atoms with van der Waals surface area (Å²) < 4.78 is 5.05. The molecule has 2 fully saturated rings.